The van der Waals surface area contributed by atoms with E-state index < -0.39 is 0 Å². The highest BCUT2D eigenvalue weighted by Crippen LogP contribution is 2.20. The van der Waals surface area contributed by atoms with Crippen molar-refractivity contribution in [2.45, 2.75) is 45.3 Å². The van der Waals surface area contributed by atoms with E-state index in [1.165, 1.54) is 5.56 Å². The molecule has 0 aromatic carbocycles. The van der Waals surface area contributed by atoms with E-state index >= 15 is 0 Å². The smallest absolute Gasteiger partial charge is 0.239 e. The van der Waals surface area contributed by atoms with Gasteiger partial charge >= 0.3 is 0 Å². The number of amides is 1. The van der Waals surface area contributed by atoms with Crippen LogP contribution in [0.15, 0.2) is 24.5 Å². The van der Waals surface area contributed by atoms with Crippen LogP contribution < -0.4 is 0 Å². The molecule has 1 atom stereocenters. The highest BCUT2D eigenvalue weighted by molar-refractivity contribution is 5.81. The zero-order valence-electron chi connectivity index (χ0n) is 17.2. The van der Waals surface area contributed by atoms with Crippen LogP contribution in [0.25, 0.3) is 0 Å². The minimum absolute atomic E-state index is 0.0325. The van der Waals surface area contributed by atoms with Crippen LogP contribution in [0, 0.1) is 0 Å². The minimum atomic E-state index is -0.0325. The molecule has 3 heterocycles. The van der Waals surface area contributed by atoms with E-state index in [9.17, 15) is 4.79 Å². The number of pyridine rings is 1. The third-order valence-electron chi connectivity index (χ3n) is 6.39. The maximum absolute atomic E-state index is 12.9. The molecule has 27 heavy (non-hydrogen) atoms. The molecule has 1 amide bonds. The normalized spacial score (nSPS) is 21.6. The molecule has 2 saturated heterocycles. The number of piperidine rings is 1. The van der Waals surface area contributed by atoms with Crippen molar-refractivity contribution in [1.29, 1.82) is 0 Å². The van der Waals surface area contributed by atoms with Crippen molar-refractivity contribution >= 4 is 5.91 Å². The molecule has 1 aromatic heterocycles. The Hall–Kier alpha value is -1.50. The number of likely N-dealkylation sites (tertiary alicyclic amines) is 1. The van der Waals surface area contributed by atoms with Crippen molar-refractivity contribution in [3.63, 3.8) is 0 Å². The maximum Gasteiger partial charge on any atom is 0.239 e. The Kier molecular flexibility index (Phi) is 7.21. The minimum Gasteiger partial charge on any atom is -0.339 e. The molecule has 0 unspecified atom stereocenters. The first kappa shape index (κ1) is 20.2. The van der Waals surface area contributed by atoms with Crippen LogP contribution >= 0.6 is 0 Å². The average molecular weight is 374 g/mol. The lowest BCUT2D eigenvalue weighted by atomic mass is 10.0. The summed E-state index contributed by atoms with van der Waals surface area (Å²) in [5.74, 6) is 0.299. The van der Waals surface area contributed by atoms with Crippen LogP contribution in [0.3, 0.4) is 0 Å². The number of nitrogens with zero attached hydrogens (tertiary/aromatic N) is 5. The molecule has 0 N–H and O–H groups in total. The first-order valence-corrected chi connectivity index (χ1v) is 10.4. The van der Waals surface area contributed by atoms with Gasteiger partial charge in [0.1, 0.15) is 0 Å². The fourth-order valence-corrected chi connectivity index (χ4v) is 4.27. The number of hydrogen-bond donors (Lipinski definition) is 0. The third kappa shape index (κ3) is 5.27. The van der Waals surface area contributed by atoms with Crippen molar-refractivity contribution in [1.82, 2.24) is 24.6 Å². The first-order valence-electron chi connectivity index (χ1n) is 10.4. The molecule has 150 valence electrons. The highest BCUT2D eigenvalue weighted by Gasteiger charge is 2.31. The number of carbonyl (C=O) groups is 1. The Morgan fingerprint density at radius 2 is 1.74 bits per heavy atom. The molecule has 0 saturated carbocycles. The largest absolute Gasteiger partial charge is 0.339 e. The van der Waals surface area contributed by atoms with E-state index in [4.69, 9.17) is 0 Å². The molecule has 0 spiro atoms. The molecule has 6 nitrogen and oxygen atoms in total. The highest BCUT2D eigenvalue weighted by atomic mass is 16.2. The van der Waals surface area contributed by atoms with Gasteiger partial charge in [-0.25, -0.2) is 0 Å². The van der Waals surface area contributed by atoms with Crippen LogP contribution in [0.4, 0.5) is 0 Å². The summed E-state index contributed by atoms with van der Waals surface area (Å²) >= 11 is 0. The second-order valence-electron chi connectivity index (χ2n) is 7.96. The molecular formula is C21H35N5O. The summed E-state index contributed by atoms with van der Waals surface area (Å²) in [6.07, 6.45) is 5.98. The van der Waals surface area contributed by atoms with Gasteiger partial charge in [0.05, 0.1) is 6.04 Å². The van der Waals surface area contributed by atoms with Crippen molar-refractivity contribution in [3.05, 3.63) is 30.1 Å². The molecule has 0 bridgehead atoms. The molecule has 2 aliphatic rings. The van der Waals surface area contributed by atoms with Gasteiger partial charge in [-0.2, -0.15) is 0 Å². The topological polar surface area (TPSA) is 42.9 Å². The molecule has 2 fully saturated rings. The van der Waals surface area contributed by atoms with E-state index in [0.29, 0.717) is 11.9 Å². The number of carbonyl (C=O) groups excluding carboxylic acids is 1. The van der Waals surface area contributed by atoms with E-state index in [1.54, 1.807) is 0 Å². The van der Waals surface area contributed by atoms with Gasteiger partial charge in [0.25, 0.3) is 0 Å². The Balaban J connectivity index is 1.45. The van der Waals surface area contributed by atoms with Gasteiger partial charge in [-0.05, 0) is 64.1 Å². The van der Waals surface area contributed by atoms with E-state index in [1.807, 2.05) is 12.4 Å². The van der Waals surface area contributed by atoms with Crippen molar-refractivity contribution in [2.75, 3.05) is 52.9 Å². The second kappa shape index (κ2) is 9.62. The number of rotatable bonds is 6. The van der Waals surface area contributed by atoms with Crippen LogP contribution in [0.1, 0.15) is 32.3 Å². The van der Waals surface area contributed by atoms with Crippen LogP contribution in [-0.2, 0) is 11.3 Å². The summed E-state index contributed by atoms with van der Waals surface area (Å²) in [4.78, 5) is 26.3. The number of likely N-dealkylation sites (N-methyl/N-ethyl adjacent to an activating group) is 2. The van der Waals surface area contributed by atoms with Gasteiger partial charge in [-0.15, -0.1) is 0 Å². The average Bonchev–Trinajstić information content (AvgIpc) is 2.73. The zero-order valence-corrected chi connectivity index (χ0v) is 17.2. The predicted octanol–water partition coefficient (Wildman–Crippen LogP) is 1.53. The SMILES string of the molecule is CCN1CCN(C(=O)[C@@H](C)N(C)C2CCN(Cc3ccncc3)CC2)CC1. The number of piperazine rings is 1. The molecular weight excluding hydrogens is 338 g/mol. The number of aromatic nitrogens is 1. The Morgan fingerprint density at radius 3 is 2.33 bits per heavy atom. The quantitative estimate of drug-likeness (QED) is 0.757. The van der Waals surface area contributed by atoms with E-state index in [2.05, 4.69) is 57.6 Å². The summed E-state index contributed by atoms with van der Waals surface area (Å²) in [5.41, 5.74) is 1.33. The maximum atomic E-state index is 12.9. The lowest BCUT2D eigenvalue weighted by Gasteiger charge is -2.41. The predicted molar refractivity (Wildman–Crippen MR) is 108 cm³/mol. The fourth-order valence-electron chi connectivity index (χ4n) is 4.27. The van der Waals surface area contributed by atoms with Crippen molar-refractivity contribution in [2.24, 2.45) is 0 Å². The van der Waals surface area contributed by atoms with Gasteiger partial charge in [-0.1, -0.05) is 6.92 Å². The Bertz CT molecular complexity index is 579. The molecule has 0 aliphatic carbocycles. The first-order chi connectivity index (χ1) is 13.1. The monoisotopic (exact) mass is 373 g/mol. The standard InChI is InChI=1S/C21H35N5O/c1-4-24-13-15-26(16-14-24)21(27)18(2)23(3)20-7-11-25(12-8-20)17-19-5-9-22-10-6-19/h5-6,9-10,18,20H,4,7-8,11-17H2,1-3H3/t18-/m1/s1. The summed E-state index contributed by atoms with van der Waals surface area (Å²) in [6.45, 7) is 12.3. The van der Waals surface area contributed by atoms with Crippen LogP contribution in [0.2, 0.25) is 0 Å². The fraction of sp³-hybridized carbons (Fsp3) is 0.714. The summed E-state index contributed by atoms with van der Waals surface area (Å²) in [6, 6.07) is 4.65. The van der Waals surface area contributed by atoms with E-state index in [-0.39, 0.29) is 6.04 Å². The van der Waals surface area contributed by atoms with Gasteiger partial charge < -0.3 is 9.80 Å². The summed E-state index contributed by atoms with van der Waals surface area (Å²) in [7, 11) is 2.13. The van der Waals surface area contributed by atoms with Crippen LogP contribution in [-0.4, -0.2) is 95.4 Å². The van der Waals surface area contributed by atoms with Gasteiger partial charge in [0, 0.05) is 51.2 Å². The zero-order chi connectivity index (χ0) is 19.2. The van der Waals surface area contributed by atoms with Crippen molar-refractivity contribution in [3.8, 4) is 0 Å². The number of hydrogen-bond acceptors (Lipinski definition) is 5. The van der Waals surface area contributed by atoms with Crippen LogP contribution in [0.5, 0.6) is 0 Å². The van der Waals surface area contributed by atoms with Gasteiger partial charge in [0.15, 0.2) is 0 Å². The Labute approximate surface area is 164 Å². The lowest BCUT2D eigenvalue weighted by molar-refractivity contribution is -0.138. The van der Waals surface area contributed by atoms with E-state index in [0.717, 1.165) is 65.2 Å². The molecule has 3 rings (SSSR count). The second-order valence-corrected chi connectivity index (χ2v) is 7.96. The lowest BCUT2D eigenvalue weighted by Crippen LogP contribution is -2.56. The summed E-state index contributed by atoms with van der Waals surface area (Å²) < 4.78 is 0. The summed E-state index contributed by atoms with van der Waals surface area (Å²) in [5, 5.41) is 0. The Morgan fingerprint density at radius 1 is 1.11 bits per heavy atom. The molecule has 1 aromatic rings. The third-order valence-corrected chi connectivity index (χ3v) is 6.39. The van der Waals surface area contributed by atoms with Gasteiger partial charge in [-0.3, -0.25) is 19.6 Å². The molecule has 6 heteroatoms. The molecule has 0 radical (unpaired) electrons. The van der Waals surface area contributed by atoms with Crippen molar-refractivity contribution < 1.29 is 4.79 Å². The molecule has 2 aliphatic heterocycles. The van der Waals surface area contributed by atoms with Gasteiger partial charge in [0.2, 0.25) is 5.91 Å².